The van der Waals surface area contributed by atoms with Crippen molar-refractivity contribution in [2.24, 2.45) is 0 Å². The Labute approximate surface area is 106 Å². The molecular formula is C14H14ClNO. The highest BCUT2D eigenvalue weighted by atomic mass is 35.5. The topological polar surface area (TPSA) is 35.2 Å². The molecule has 0 heterocycles. The lowest BCUT2D eigenvalue weighted by Crippen LogP contribution is -1.98. The lowest BCUT2D eigenvalue weighted by atomic mass is 10.1. The Morgan fingerprint density at radius 1 is 1.18 bits per heavy atom. The van der Waals surface area contributed by atoms with Gasteiger partial charge in [-0.1, -0.05) is 41.4 Å². The fourth-order valence-electron chi connectivity index (χ4n) is 1.61. The molecule has 88 valence electrons. The summed E-state index contributed by atoms with van der Waals surface area (Å²) in [5.41, 5.74) is 8.71. The van der Waals surface area contributed by atoms with Gasteiger partial charge in [0.2, 0.25) is 0 Å². The van der Waals surface area contributed by atoms with E-state index in [1.165, 1.54) is 5.56 Å². The van der Waals surface area contributed by atoms with E-state index in [9.17, 15) is 0 Å². The fraction of sp³-hybridized carbons (Fsp3) is 0.143. The van der Waals surface area contributed by atoms with Crippen molar-refractivity contribution >= 4 is 17.3 Å². The number of benzene rings is 2. The summed E-state index contributed by atoms with van der Waals surface area (Å²) in [5.74, 6) is 0.663. The normalized spacial score (nSPS) is 10.2. The second kappa shape index (κ2) is 5.11. The van der Waals surface area contributed by atoms with E-state index in [4.69, 9.17) is 22.1 Å². The van der Waals surface area contributed by atoms with Crippen LogP contribution in [-0.2, 0) is 6.61 Å². The smallest absolute Gasteiger partial charge is 0.142 e. The van der Waals surface area contributed by atoms with E-state index in [0.29, 0.717) is 23.1 Å². The van der Waals surface area contributed by atoms with Crippen LogP contribution in [0.1, 0.15) is 11.1 Å². The van der Waals surface area contributed by atoms with Crippen molar-refractivity contribution in [3.63, 3.8) is 0 Å². The standard InChI is InChI=1S/C14H14ClNO/c1-10-3-2-4-11(7-10)9-17-14-6-5-12(15)8-13(14)16/h2-8H,9,16H2,1H3. The molecule has 0 unspecified atom stereocenters. The molecule has 0 fully saturated rings. The predicted molar refractivity (Wildman–Crippen MR) is 71.4 cm³/mol. The van der Waals surface area contributed by atoms with Crippen molar-refractivity contribution in [2.75, 3.05) is 5.73 Å². The zero-order chi connectivity index (χ0) is 12.3. The minimum atomic E-state index is 0.507. The summed E-state index contributed by atoms with van der Waals surface area (Å²) in [7, 11) is 0. The lowest BCUT2D eigenvalue weighted by molar-refractivity contribution is 0.308. The summed E-state index contributed by atoms with van der Waals surface area (Å²) in [5, 5.41) is 0.616. The Hall–Kier alpha value is -1.67. The molecule has 0 aliphatic rings. The van der Waals surface area contributed by atoms with Crippen molar-refractivity contribution in [3.05, 3.63) is 58.6 Å². The maximum absolute atomic E-state index is 5.82. The molecule has 2 nitrogen and oxygen atoms in total. The van der Waals surface area contributed by atoms with Gasteiger partial charge >= 0.3 is 0 Å². The summed E-state index contributed by atoms with van der Waals surface area (Å²) < 4.78 is 5.65. The highest BCUT2D eigenvalue weighted by Crippen LogP contribution is 2.25. The molecule has 0 aliphatic heterocycles. The molecule has 0 aliphatic carbocycles. The van der Waals surface area contributed by atoms with Crippen LogP contribution < -0.4 is 10.5 Å². The van der Waals surface area contributed by atoms with Gasteiger partial charge in [-0.05, 0) is 30.7 Å². The number of nitrogens with two attached hydrogens (primary N) is 1. The Morgan fingerprint density at radius 3 is 2.71 bits per heavy atom. The van der Waals surface area contributed by atoms with Gasteiger partial charge in [-0.3, -0.25) is 0 Å². The van der Waals surface area contributed by atoms with E-state index in [-0.39, 0.29) is 0 Å². The van der Waals surface area contributed by atoms with Gasteiger partial charge in [-0.25, -0.2) is 0 Å². The molecule has 2 aromatic carbocycles. The molecule has 0 atom stereocenters. The second-order valence-electron chi connectivity index (χ2n) is 3.96. The number of rotatable bonds is 3. The van der Waals surface area contributed by atoms with Crippen LogP contribution in [0.4, 0.5) is 5.69 Å². The van der Waals surface area contributed by atoms with Crippen LogP contribution >= 0.6 is 11.6 Å². The van der Waals surface area contributed by atoms with Gasteiger partial charge in [0.25, 0.3) is 0 Å². The number of aryl methyl sites for hydroxylation is 1. The Bertz CT molecular complexity index is 525. The number of halogens is 1. The maximum atomic E-state index is 5.82. The third kappa shape index (κ3) is 3.14. The van der Waals surface area contributed by atoms with Gasteiger partial charge in [-0.2, -0.15) is 0 Å². The van der Waals surface area contributed by atoms with Crippen LogP contribution in [0, 0.1) is 6.92 Å². The zero-order valence-corrected chi connectivity index (χ0v) is 10.4. The number of nitrogen functional groups attached to an aromatic ring is 1. The molecule has 0 saturated heterocycles. The van der Waals surface area contributed by atoms with E-state index < -0.39 is 0 Å². The number of hydrogen-bond acceptors (Lipinski definition) is 2. The molecule has 0 amide bonds. The van der Waals surface area contributed by atoms with Gasteiger partial charge in [-0.15, -0.1) is 0 Å². The van der Waals surface area contributed by atoms with E-state index in [0.717, 1.165) is 5.56 Å². The number of ether oxygens (including phenoxy) is 1. The van der Waals surface area contributed by atoms with Crippen molar-refractivity contribution in [2.45, 2.75) is 13.5 Å². The average molecular weight is 248 g/mol. The molecular weight excluding hydrogens is 234 g/mol. The predicted octanol–water partition coefficient (Wildman–Crippen LogP) is 3.81. The Kier molecular flexibility index (Phi) is 3.55. The SMILES string of the molecule is Cc1cccc(COc2ccc(Cl)cc2N)c1. The summed E-state index contributed by atoms with van der Waals surface area (Å²) in [6.45, 7) is 2.56. The first-order valence-corrected chi connectivity index (χ1v) is 5.76. The first-order chi connectivity index (χ1) is 8.15. The van der Waals surface area contributed by atoms with Crippen LogP contribution in [0.25, 0.3) is 0 Å². The molecule has 0 bridgehead atoms. The van der Waals surface area contributed by atoms with E-state index >= 15 is 0 Å². The lowest BCUT2D eigenvalue weighted by Gasteiger charge is -2.09. The summed E-state index contributed by atoms with van der Waals surface area (Å²) in [4.78, 5) is 0. The van der Waals surface area contributed by atoms with Crippen molar-refractivity contribution in [3.8, 4) is 5.75 Å². The molecule has 0 saturated carbocycles. The van der Waals surface area contributed by atoms with Gasteiger partial charge in [0, 0.05) is 5.02 Å². The first-order valence-electron chi connectivity index (χ1n) is 5.38. The van der Waals surface area contributed by atoms with Crippen molar-refractivity contribution < 1.29 is 4.74 Å². The summed E-state index contributed by atoms with van der Waals surface area (Å²) >= 11 is 5.82. The minimum Gasteiger partial charge on any atom is -0.487 e. The quantitative estimate of drug-likeness (QED) is 0.837. The summed E-state index contributed by atoms with van der Waals surface area (Å²) in [6.07, 6.45) is 0. The molecule has 3 heteroatoms. The molecule has 2 rings (SSSR count). The summed E-state index contributed by atoms with van der Waals surface area (Å²) in [6, 6.07) is 13.4. The van der Waals surface area contributed by atoms with Crippen LogP contribution in [0.2, 0.25) is 5.02 Å². The highest BCUT2D eigenvalue weighted by molar-refractivity contribution is 6.30. The largest absolute Gasteiger partial charge is 0.487 e. The molecule has 2 aromatic rings. The Morgan fingerprint density at radius 2 is 2.00 bits per heavy atom. The van der Waals surface area contributed by atoms with Gasteiger partial charge in [0.1, 0.15) is 12.4 Å². The molecule has 2 N–H and O–H groups in total. The van der Waals surface area contributed by atoms with Crippen LogP contribution in [0.5, 0.6) is 5.75 Å². The molecule has 0 spiro atoms. The highest BCUT2D eigenvalue weighted by Gasteiger charge is 2.01. The number of hydrogen-bond donors (Lipinski definition) is 1. The molecule has 17 heavy (non-hydrogen) atoms. The van der Waals surface area contributed by atoms with E-state index in [2.05, 4.69) is 19.1 Å². The fourth-order valence-corrected chi connectivity index (χ4v) is 1.79. The third-order valence-corrected chi connectivity index (χ3v) is 2.68. The van der Waals surface area contributed by atoms with E-state index in [1.807, 2.05) is 12.1 Å². The Balaban J connectivity index is 2.07. The van der Waals surface area contributed by atoms with Crippen LogP contribution in [0.15, 0.2) is 42.5 Å². The van der Waals surface area contributed by atoms with Gasteiger partial charge < -0.3 is 10.5 Å². The first kappa shape index (κ1) is 11.8. The minimum absolute atomic E-state index is 0.507. The van der Waals surface area contributed by atoms with Crippen molar-refractivity contribution in [1.82, 2.24) is 0 Å². The monoisotopic (exact) mass is 247 g/mol. The molecule has 0 aromatic heterocycles. The van der Waals surface area contributed by atoms with Crippen molar-refractivity contribution in [1.29, 1.82) is 0 Å². The maximum Gasteiger partial charge on any atom is 0.142 e. The van der Waals surface area contributed by atoms with Crippen LogP contribution in [0.3, 0.4) is 0 Å². The number of anilines is 1. The van der Waals surface area contributed by atoms with E-state index in [1.54, 1.807) is 18.2 Å². The van der Waals surface area contributed by atoms with Gasteiger partial charge in [0.05, 0.1) is 5.69 Å². The zero-order valence-electron chi connectivity index (χ0n) is 9.61. The van der Waals surface area contributed by atoms with Crippen LogP contribution in [-0.4, -0.2) is 0 Å². The second-order valence-corrected chi connectivity index (χ2v) is 4.40. The third-order valence-electron chi connectivity index (χ3n) is 2.45. The van der Waals surface area contributed by atoms with Gasteiger partial charge in [0.15, 0.2) is 0 Å². The average Bonchev–Trinajstić information content (AvgIpc) is 2.28. The molecule has 0 radical (unpaired) electrons.